The molecule has 5 atom stereocenters. The van der Waals surface area contributed by atoms with Gasteiger partial charge in [0.15, 0.2) is 6.04 Å². The highest BCUT2D eigenvalue weighted by atomic mass is 32.2. The Bertz CT molecular complexity index is 650. The smallest absolute Gasteiger partial charge is 0.328 e. The monoisotopic (exact) mass is 482 g/mol. The molecule has 178 valence electrons. The van der Waals surface area contributed by atoms with Gasteiger partial charge in [0.1, 0.15) is 12.1 Å². The third-order valence-corrected chi connectivity index (χ3v) is 5.12. The summed E-state index contributed by atoms with van der Waals surface area (Å²) in [6, 6.07) is -5.10. The first-order chi connectivity index (χ1) is 14.4. The Kier molecular flexibility index (Phi) is 13.9. The maximum Gasteiger partial charge on any atom is 0.328 e. The fourth-order valence-corrected chi connectivity index (χ4v) is 3.05. The standard InChI is InChI=1S/C17H30N4O8S2/c1-8(22)13(17(28)29)21-15(26)10(3-4-12(23)24)19-16(27)11(7-30)20-14(25)9(18)5-6-31-2/h8-11,13,22,30H,3-7,18H2,1-2H3,(H,19,27)(H,20,25)(H,21,26)(H,23,24)(H,28,29). The van der Waals surface area contributed by atoms with Crippen molar-refractivity contribution in [2.45, 2.75) is 56.5 Å². The lowest BCUT2D eigenvalue weighted by atomic mass is 10.1. The highest BCUT2D eigenvalue weighted by molar-refractivity contribution is 7.98. The molecular weight excluding hydrogens is 452 g/mol. The number of hydrogen-bond donors (Lipinski definition) is 8. The number of amides is 3. The summed E-state index contributed by atoms with van der Waals surface area (Å²) in [6.07, 6.45) is -0.0527. The van der Waals surface area contributed by atoms with Crippen molar-refractivity contribution in [1.29, 1.82) is 0 Å². The van der Waals surface area contributed by atoms with Gasteiger partial charge in [-0.3, -0.25) is 19.2 Å². The van der Waals surface area contributed by atoms with Crippen LogP contribution in [0.5, 0.6) is 0 Å². The van der Waals surface area contributed by atoms with Gasteiger partial charge in [0.25, 0.3) is 0 Å². The van der Waals surface area contributed by atoms with Crippen LogP contribution in [-0.4, -0.2) is 93.0 Å². The van der Waals surface area contributed by atoms with Crippen molar-refractivity contribution in [1.82, 2.24) is 16.0 Å². The molecule has 0 aromatic rings. The van der Waals surface area contributed by atoms with Crippen molar-refractivity contribution in [3.8, 4) is 0 Å². The number of nitrogens with two attached hydrogens (primary N) is 1. The molecule has 12 nitrogen and oxygen atoms in total. The van der Waals surface area contributed by atoms with Crippen molar-refractivity contribution < 1.29 is 39.3 Å². The molecule has 0 aliphatic rings. The van der Waals surface area contributed by atoms with Gasteiger partial charge in [0, 0.05) is 12.2 Å². The Labute approximate surface area is 189 Å². The number of hydrogen-bond acceptors (Lipinski definition) is 9. The van der Waals surface area contributed by atoms with Gasteiger partial charge >= 0.3 is 11.9 Å². The Morgan fingerprint density at radius 1 is 0.968 bits per heavy atom. The SMILES string of the molecule is CSCCC(N)C(=O)NC(CS)C(=O)NC(CCC(=O)O)C(=O)NC(C(=O)O)C(C)O. The van der Waals surface area contributed by atoms with E-state index in [9.17, 15) is 29.1 Å². The molecule has 0 aromatic heterocycles. The second-order valence-corrected chi connectivity index (χ2v) is 8.04. The van der Waals surface area contributed by atoms with Crippen molar-refractivity contribution in [2.75, 3.05) is 17.8 Å². The normalized spacial score (nSPS) is 15.6. The Balaban J connectivity index is 5.27. The van der Waals surface area contributed by atoms with Crippen LogP contribution in [0.2, 0.25) is 0 Å². The predicted molar refractivity (Wildman–Crippen MR) is 117 cm³/mol. The number of nitrogens with one attached hydrogen (secondary N) is 3. The number of carboxylic acids is 2. The number of thiol groups is 1. The molecule has 0 aromatic carbocycles. The summed E-state index contributed by atoms with van der Waals surface area (Å²) < 4.78 is 0. The van der Waals surface area contributed by atoms with Crippen LogP contribution >= 0.6 is 24.4 Å². The number of carbonyl (C=O) groups excluding carboxylic acids is 3. The third kappa shape index (κ3) is 11.2. The molecule has 0 aliphatic carbocycles. The van der Waals surface area contributed by atoms with Crippen LogP contribution in [0.4, 0.5) is 0 Å². The van der Waals surface area contributed by atoms with Crippen LogP contribution in [0, 0.1) is 0 Å². The van der Waals surface area contributed by atoms with Crippen LogP contribution in [0.3, 0.4) is 0 Å². The zero-order chi connectivity index (χ0) is 24.1. The van der Waals surface area contributed by atoms with Crippen LogP contribution in [0.25, 0.3) is 0 Å². The number of thioether (sulfide) groups is 1. The summed E-state index contributed by atoms with van der Waals surface area (Å²) in [4.78, 5) is 59.2. The summed E-state index contributed by atoms with van der Waals surface area (Å²) in [7, 11) is 0. The summed E-state index contributed by atoms with van der Waals surface area (Å²) in [6.45, 7) is 1.15. The number of rotatable bonds is 15. The van der Waals surface area contributed by atoms with E-state index in [0.717, 1.165) is 6.92 Å². The van der Waals surface area contributed by atoms with Crippen LogP contribution in [-0.2, 0) is 24.0 Å². The van der Waals surface area contributed by atoms with Gasteiger partial charge in [-0.25, -0.2) is 4.79 Å². The zero-order valence-electron chi connectivity index (χ0n) is 17.2. The second kappa shape index (κ2) is 14.9. The summed E-state index contributed by atoms with van der Waals surface area (Å²) in [5.74, 6) is -4.65. The molecule has 3 amide bonds. The molecule has 31 heavy (non-hydrogen) atoms. The molecule has 0 saturated carbocycles. The molecule has 5 unspecified atom stereocenters. The molecule has 0 aliphatic heterocycles. The van der Waals surface area contributed by atoms with Crippen molar-refractivity contribution in [3.63, 3.8) is 0 Å². The predicted octanol–water partition coefficient (Wildman–Crippen LogP) is -2.22. The number of aliphatic hydroxyl groups excluding tert-OH is 1. The van der Waals surface area contributed by atoms with Crippen LogP contribution in [0.15, 0.2) is 0 Å². The number of aliphatic hydroxyl groups is 1. The van der Waals surface area contributed by atoms with Crippen molar-refractivity contribution in [2.24, 2.45) is 5.73 Å². The fraction of sp³-hybridized carbons (Fsp3) is 0.706. The number of carboxylic acid groups (broad SMARTS) is 2. The van der Waals surface area contributed by atoms with E-state index >= 15 is 0 Å². The lowest BCUT2D eigenvalue weighted by Crippen LogP contribution is -2.58. The van der Waals surface area contributed by atoms with E-state index in [1.165, 1.54) is 11.8 Å². The summed E-state index contributed by atoms with van der Waals surface area (Å²) in [5, 5.41) is 34.2. The molecule has 0 saturated heterocycles. The maximum absolute atomic E-state index is 12.5. The summed E-state index contributed by atoms with van der Waals surface area (Å²) >= 11 is 5.51. The van der Waals surface area contributed by atoms with E-state index in [1.54, 1.807) is 0 Å². The lowest BCUT2D eigenvalue weighted by Gasteiger charge is -2.25. The van der Waals surface area contributed by atoms with Gasteiger partial charge in [-0.2, -0.15) is 24.4 Å². The maximum atomic E-state index is 12.5. The topological polar surface area (TPSA) is 208 Å². The van der Waals surface area contributed by atoms with Crippen molar-refractivity contribution in [3.05, 3.63) is 0 Å². The number of aliphatic carboxylic acids is 2. The van der Waals surface area contributed by atoms with Crippen molar-refractivity contribution >= 4 is 54.1 Å². The highest BCUT2D eigenvalue weighted by Gasteiger charge is 2.31. The molecule has 0 radical (unpaired) electrons. The van der Waals surface area contributed by atoms with Crippen LogP contribution < -0.4 is 21.7 Å². The van der Waals surface area contributed by atoms with E-state index in [-0.39, 0.29) is 12.2 Å². The molecular formula is C17H30N4O8S2. The lowest BCUT2D eigenvalue weighted by molar-refractivity contribution is -0.145. The molecule has 8 N–H and O–H groups in total. The molecule has 0 fully saturated rings. The fourth-order valence-electron chi connectivity index (χ4n) is 2.30. The minimum Gasteiger partial charge on any atom is -0.481 e. The van der Waals surface area contributed by atoms with E-state index in [2.05, 4.69) is 28.6 Å². The average Bonchev–Trinajstić information content (AvgIpc) is 2.69. The van der Waals surface area contributed by atoms with E-state index in [4.69, 9.17) is 15.9 Å². The van der Waals surface area contributed by atoms with E-state index < -0.39 is 66.4 Å². The van der Waals surface area contributed by atoms with Crippen LogP contribution in [0.1, 0.15) is 26.2 Å². The third-order valence-electron chi connectivity index (χ3n) is 4.11. The molecule has 0 bridgehead atoms. The first-order valence-electron chi connectivity index (χ1n) is 9.33. The van der Waals surface area contributed by atoms with E-state index in [0.29, 0.717) is 12.2 Å². The molecule has 0 spiro atoms. The summed E-state index contributed by atoms with van der Waals surface area (Å²) in [5.41, 5.74) is 5.76. The largest absolute Gasteiger partial charge is 0.481 e. The van der Waals surface area contributed by atoms with Gasteiger partial charge in [0.05, 0.1) is 12.1 Å². The molecule has 0 rings (SSSR count). The second-order valence-electron chi connectivity index (χ2n) is 6.69. The minimum absolute atomic E-state index is 0.133. The van der Waals surface area contributed by atoms with Gasteiger partial charge in [-0.15, -0.1) is 0 Å². The first-order valence-corrected chi connectivity index (χ1v) is 11.4. The van der Waals surface area contributed by atoms with Gasteiger partial charge in [0.2, 0.25) is 17.7 Å². The van der Waals surface area contributed by atoms with Gasteiger partial charge in [-0.05, 0) is 31.8 Å². The Hall–Kier alpha value is -2.03. The first kappa shape index (κ1) is 29.0. The Morgan fingerprint density at radius 2 is 1.52 bits per heavy atom. The van der Waals surface area contributed by atoms with Gasteiger partial charge < -0.3 is 37.0 Å². The Morgan fingerprint density at radius 3 is 1.97 bits per heavy atom. The zero-order valence-corrected chi connectivity index (χ0v) is 18.9. The van der Waals surface area contributed by atoms with Gasteiger partial charge in [-0.1, -0.05) is 0 Å². The highest BCUT2D eigenvalue weighted by Crippen LogP contribution is 2.04. The molecule has 14 heteroatoms. The quantitative estimate of drug-likeness (QED) is 0.118. The molecule has 0 heterocycles. The average molecular weight is 483 g/mol. The minimum atomic E-state index is -1.66. The number of carbonyl (C=O) groups is 5. The van der Waals surface area contributed by atoms with E-state index in [1.807, 2.05) is 6.26 Å².